The van der Waals surface area contributed by atoms with E-state index in [4.69, 9.17) is 16.3 Å². The lowest BCUT2D eigenvalue weighted by atomic mass is 10.2. The van der Waals surface area contributed by atoms with Gasteiger partial charge in [-0.25, -0.2) is 12.8 Å². The fourth-order valence-corrected chi connectivity index (χ4v) is 4.15. The van der Waals surface area contributed by atoms with Gasteiger partial charge < -0.3 is 10.1 Å². The second-order valence-electron chi connectivity index (χ2n) is 5.63. The zero-order chi connectivity index (χ0) is 18.7. The average Bonchev–Trinajstić information content (AvgIpc) is 2.65. The normalized spacial score (nSPS) is 15.6. The number of amides is 1. The average molecular weight is 399 g/mol. The van der Waals surface area contributed by atoms with Crippen molar-refractivity contribution in [3.05, 3.63) is 58.9 Å². The molecule has 9 heteroatoms. The molecule has 0 atom stereocenters. The van der Waals surface area contributed by atoms with Gasteiger partial charge in [0.15, 0.2) is 0 Å². The molecule has 26 heavy (non-hydrogen) atoms. The van der Waals surface area contributed by atoms with Crippen molar-refractivity contribution in [3.63, 3.8) is 0 Å². The van der Waals surface area contributed by atoms with Crippen molar-refractivity contribution in [1.29, 1.82) is 0 Å². The molecule has 0 aliphatic carbocycles. The first-order valence-electron chi connectivity index (χ1n) is 7.82. The summed E-state index contributed by atoms with van der Waals surface area (Å²) in [6.07, 6.45) is 0. The van der Waals surface area contributed by atoms with E-state index in [9.17, 15) is 17.6 Å². The Hall–Kier alpha value is -2.00. The molecule has 2 aromatic rings. The maximum absolute atomic E-state index is 13.2. The van der Waals surface area contributed by atoms with Gasteiger partial charge in [-0.1, -0.05) is 17.7 Å². The molecule has 0 radical (unpaired) electrons. The number of hydrogen-bond acceptors (Lipinski definition) is 4. The Morgan fingerprint density at radius 2 is 1.88 bits per heavy atom. The highest BCUT2D eigenvalue weighted by Crippen LogP contribution is 2.21. The number of nitrogens with zero attached hydrogens (tertiary/aromatic N) is 1. The number of nitrogens with one attached hydrogen (secondary N) is 1. The molecule has 2 aromatic carbocycles. The second-order valence-corrected chi connectivity index (χ2v) is 7.97. The van der Waals surface area contributed by atoms with E-state index in [0.717, 1.165) is 6.07 Å². The number of carbonyl (C=O) groups excluding carboxylic acids is 1. The Labute approximate surface area is 155 Å². The molecule has 1 aliphatic rings. The van der Waals surface area contributed by atoms with Crippen LogP contribution in [-0.2, 0) is 14.8 Å². The molecule has 1 fully saturated rings. The van der Waals surface area contributed by atoms with Gasteiger partial charge in [0.2, 0.25) is 10.0 Å². The van der Waals surface area contributed by atoms with Crippen LogP contribution in [0.2, 0.25) is 5.02 Å². The molecule has 6 nitrogen and oxygen atoms in total. The van der Waals surface area contributed by atoms with Crippen LogP contribution in [0, 0.1) is 5.82 Å². The molecule has 0 bridgehead atoms. The van der Waals surface area contributed by atoms with Crippen molar-refractivity contribution in [1.82, 2.24) is 4.31 Å². The van der Waals surface area contributed by atoms with Crippen LogP contribution in [0.4, 0.5) is 10.1 Å². The molecule has 1 heterocycles. The van der Waals surface area contributed by atoms with Crippen LogP contribution in [0.3, 0.4) is 0 Å². The minimum atomic E-state index is -3.70. The summed E-state index contributed by atoms with van der Waals surface area (Å²) in [7, 11) is -3.70. The highest BCUT2D eigenvalue weighted by molar-refractivity contribution is 7.89. The number of rotatable bonds is 4. The van der Waals surface area contributed by atoms with Crippen LogP contribution in [0.5, 0.6) is 0 Å². The summed E-state index contributed by atoms with van der Waals surface area (Å²) in [4.78, 5) is 12.4. The van der Waals surface area contributed by atoms with Gasteiger partial charge in [-0.2, -0.15) is 4.31 Å². The van der Waals surface area contributed by atoms with Crippen molar-refractivity contribution in [2.45, 2.75) is 4.90 Å². The standard InChI is InChI=1S/C17H16ClFN2O4S/c18-15-11-13(4-5-16(15)19)20-17(22)12-2-1-3-14(10-12)26(23,24)21-6-8-25-9-7-21/h1-5,10-11H,6-9H2,(H,20,22). The molecule has 1 amide bonds. The number of carbonyl (C=O) groups is 1. The summed E-state index contributed by atoms with van der Waals surface area (Å²) in [6, 6.07) is 9.54. The third-order valence-corrected chi connectivity index (χ3v) is 6.07. The van der Waals surface area contributed by atoms with E-state index >= 15 is 0 Å². The van der Waals surface area contributed by atoms with Crippen LogP contribution < -0.4 is 5.32 Å². The Balaban J connectivity index is 1.82. The van der Waals surface area contributed by atoms with Gasteiger partial charge in [0.05, 0.1) is 23.1 Å². The molecular formula is C17H16ClFN2O4S. The van der Waals surface area contributed by atoms with Gasteiger partial charge in [-0.3, -0.25) is 4.79 Å². The first kappa shape index (κ1) is 18.8. The summed E-state index contributed by atoms with van der Waals surface area (Å²) in [6.45, 7) is 1.22. The molecular weight excluding hydrogens is 383 g/mol. The van der Waals surface area contributed by atoms with Crippen molar-refractivity contribution in [2.24, 2.45) is 0 Å². The Morgan fingerprint density at radius 3 is 2.58 bits per heavy atom. The number of sulfonamides is 1. The lowest BCUT2D eigenvalue weighted by Crippen LogP contribution is -2.40. The zero-order valence-electron chi connectivity index (χ0n) is 13.6. The van der Waals surface area contributed by atoms with E-state index in [1.807, 2.05) is 0 Å². The molecule has 138 valence electrons. The topological polar surface area (TPSA) is 75.7 Å². The summed E-state index contributed by atoms with van der Waals surface area (Å²) >= 11 is 5.69. The van der Waals surface area contributed by atoms with E-state index in [2.05, 4.69) is 5.32 Å². The van der Waals surface area contributed by atoms with E-state index in [-0.39, 0.29) is 28.6 Å². The predicted octanol–water partition coefficient (Wildman–Crippen LogP) is 2.75. The first-order chi connectivity index (χ1) is 12.4. The zero-order valence-corrected chi connectivity index (χ0v) is 15.2. The molecule has 1 N–H and O–H groups in total. The van der Waals surface area contributed by atoms with E-state index in [1.165, 1.54) is 40.7 Å². The molecule has 3 rings (SSSR count). The SMILES string of the molecule is O=C(Nc1ccc(F)c(Cl)c1)c1cccc(S(=O)(=O)N2CCOCC2)c1. The molecule has 0 aromatic heterocycles. The van der Waals surface area contributed by atoms with Crippen molar-refractivity contribution in [3.8, 4) is 0 Å². The van der Waals surface area contributed by atoms with Crippen molar-refractivity contribution < 1.29 is 22.3 Å². The van der Waals surface area contributed by atoms with E-state index in [1.54, 1.807) is 0 Å². The summed E-state index contributed by atoms with van der Waals surface area (Å²) in [5.41, 5.74) is 0.475. The minimum absolute atomic E-state index is 0.0317. The Morgan fingerprint density at radius 1 is 1.15 bits per heavy atom. The third kappa shape index (κ3) is 4.04. The molecule has 1 aliphatic heterocycles. The number of anilines is 1. The maximum atomic E-state index is 13.2. The third-order valence-electron chi connectivity index (χ3n) is 3.88. The molecule has 1 saturated heterocycles. The van der Waals surface area contributed by atoms with Crippen LogP contribution in [0.25, 0.3) is 0 Å². The summed E-state index contributed by atoms with van der Waals surface area (Å²) in [5, 5.41) is 2.45. The maximum Gasteiger partial charge on any atom is 0.255 e. The van der Waals surface area contributed by atoms with Crippen molar-refractivity contribution >= 4 is 33.2 Å². The van der Waals surface area contributed by atoms with Crippen molar-refractivity contribution in [2.75, 3.05) is 31.6 Å². The predicted molar refractivity (Wildman–Crippen MR) is 95.4 cm³/mol. The lowest BCUT2D eigenvalue weighted by Gasteiger charge is -2.26. The highest BCUT2D eigenvalue weighted by atomic mass is 35.5. The number of ether oxygens (including phenoxy) is 1. The number of hydrogen-bond donors (Lipinski definition) is 1. The van der Waals surface area contributed by atoms with Crippen LogP contribution in [0.1, 0.15) is 10.4 Å². The smallest absolute Gasteiger partial charge is 0.255 e. The number of morpholine rings is 1. The fourth-order valence-electron chi connectivity index (χ4n) is 2.51. The Kier molecular flexibility index (Phi) is 5.57. The molecule has 0 unspecified atom stereocenters. The monoisotopic (exact) mass is 398 g/mol. The number of halogens is 2. The van der Waals surface area contributed by atoms with Gasteiger partial charge in [0, 0.05) is 24.3 Å². The van der Waals surface area contributed by atoms with Crippen LogP contribution >= 0.6 is 11.6 Å². The fraction of sp³-hybridized carbons (Fsp3) is 0.235. The van der Waals surface area contributed by atoms with E-state index in [0.29, 0.717) is 18.9 Å². The van der Waals surface area contributed by atoms with E-state index < -0.39 is 21.7 Å². The molecule has 0 saturated carbocycles. The van der Waals surface area contributed by atoms with Gasteiger partial charge in [0.1, 0.15) is 5.82 Å². The molecule has 0 spiro atoms. The van der Waals surface area contributed by atoms with Gasteiger partial charge in [0.25, 0.3) is 5.91 Å². The van der Waals surface area contributed by atoms with Gasteiger partial charge in [-0.05, 0) is 36.4 Å². The Bertz CT molecular complexity index is 930. The summed E-state index contributed by atoms with van der Waals surface area (Å²) < 4.78 is 45.1. The highest BCUT2D eigenvalue weighted by Gasteiger charge is 2.26. The minimum Gasteiger partial charge on any atom is -0.379 e. The second kappa shape index (κ2) is 7.71. The first-order valence-corrected chi connectivity index (χ1v) is 9.64. The van der Waals surface area contributed by atoms with Crippen LogP contribution in [-0.4, -0.2) is 44.9 Å². The lowest BCUT2D eigenvalue weighted by molar-refractivity contribution is 0.0730. The van der Waals surface area contributed by atoms with Gasteiger partial charge in [-0.15, -0.1) is 0 Å². The largest absolute Gasteiger partial charge is 0.379 e. The number of benzene rings is 2. The summed E-state index contributed by atoms with van der Waals surface area (Å²) in [5.74, 6) is -1.12. The van der Waals surface area contributed by atoms with Gasteiger partial charge >= 0.3 is 0 Å². The quantitative estimate of drug-likeness (QED) is 0.859. The van der Waals surface area contributed by atoms with Crippen LogP contribution in [0.15, 0.2) is 47.4 Å².